The van der Waals surface area contributed by atoms with Crippen molar-refractivity contribution in [2.45, 2.75) is 6.61 Å². The normalized spacial score (nSPS) is 9.83. The molecular weight excluding hydrogens is 224 g/mol. The van der Waals surface area contributed by atoms with Crippen LogP contribution in [-0.4, -0.2) is 12.2 Å². The summed E-state index contributed by atoms with van der Waals surface area (Å²) >= 11 is 0. The summed E-state index contributed by atoms with van der Waals surface area (Å²) in [5.41, 5.74) is 3.61. The molecule has 90 valence electrons. The molecule has 0 saturated carbocycles. The van der Waals surface area contributed by atoms with Crippen molar-refractivity contribution in [1.82, 2.24) is 0 Å². The Kier molecular flexibility index (Phi) is 3.61. The van der Waals surface area contributed by atoms with E-state index < -0.39 is 0 Å². The first kappa shape index (κ1) is 12.2. The highest BCUT2D eigenvalue weighted by molar-refractivity contribution is 5.63. The van der Waals surface area contributed by atoms with Gasteiger partial charge in [0.15, 0.2) is 0 Å². The van der Waals surface area contributed by atoms with Gasteiger partial charge in [0.2, 0.25) is 0 Å². The van der Waals surface area contributed by atoms with E-state index >= 15 is 0 Å². The van der Waals surface area contributed by atoms with E-state index in [-0.39, 0.29) is 6.61 Å². The van der Waals surface area contributed by atoms with Crippen molar-refractivity contribution >= 4 is 11.4 Å². The molecule has 2 rings (SSSR count). The predicted octanol–water partition coefficient (Wildman–Crippen LogP) is 2.82. The van der Waals surface area contributed by atoms with Crippen molar-refractivity contribution in [2.75, 3.05) is 11.9 Å². The first-order valence-corrected chi connectivity index (χ1v) is 5.68. The maximum Gasteiger partial charge on any atom is 0.0991 e. The molecule has 0 aliphatic rings. The second kappa shape index (κ2) is 5.35. The number of hydrogen-bond acceptors (Lipinski definition) is 3. The molecule has 3 nitrogen and oxygen atoms in total. The van der Waals surface area contributed by atoms with Gasteiger partial charge >= 0.3 is 0 Å². The molecule has 2 aromatic rings. The standard InChI is InChI=1S/C15H14N2O/c1-17(14-6-2-12(10-16)3-7-14)15-8-4-13(11-18)5-9-15/h2-9,18H,11H2,1H3. The van der Waals surface area contributed by atoms with E-state index in [4.69, 9.17) is 10.4 Å². The summed E-state index contributed by atoms with van der Waals surface area (Å²) < 4.78 is 0. The molecule has 0 unspecified atom stereocenters. The fourth-order valence-corrected chi connectivity index (χ4v) is 1.73. The van der Waals surface area contributed by atoms with Crippen LogP contribution < -0.4 is 4.90 Å². The van der Waals surface area contributed by atoms with Crippen LogP contribution in [0.4, 0.5) is 11.4 Å². The van der Waals surface area contributed by atoms with Gasteiger partial charge in [-0.1, -0.05) is 12.1 Å². The summed E-state index contributed by atoms with van der Waals surface area (Å²) in [6.45, 7) is 0.0564. The minimum absolute atomic E-state index is 0.0564. The summed E-state index contributed by atoms with van der Waals surface area (Å²) in [7, 11) is 1.97. The van der Waals surface area contributed by atoms with Crippen LogP contribution in [0.5, 0.6) is 0 Å². The molecule has 2 aromatic carbocycles. The maximum atomic E-state index is 9.00. The lowest BCUT2D eigenvalue weighted by Crippen LogP contribution is -2.09. The fraction of sp³-hybridized carbons (Fsp3) is 0.133. The second-order valence-corrected chi connectivity index (χ2v) is 4.04. The van der Waals surface area contributed by atoms with E-state index in [0.717, 1.165) is 16.9 Å². The topological polar surface area (TPSA) is 47.3 Å². The Hall–Kier alpha value is -2.31. The maximum absolute atomic E-state index is 9.00. The highest BCUT2D eigenvalue weighted by Gasteiger charge is 2.03. The average Bonchev–Trinajstić information content (AvgIpc) is 2.47. The molecule has 0 bridgehead atoms. The summed E-state index contributed by atoms with van der Waals surface area (Å²) in [4.78, 5) is 2.03. The molecule has 3 heteroatoms. The first-order chi connectivity index (χ1) is 8.74. The molecule has 0 saturated heterocycles. The van der Waals surface area contributed by atoms with E-state index in [1.807, 2.05) is 48.3 Å². The van der Waals surface area contributed by atoms with Gasteiger partial charge in [-0.05, 0) is 42.0 Å². The third-order valence-corrected chi connectivity index (χ3v) is 2.89. The van der Waals surface area contributed by atoms with Gasteiger partial charge in [0.05, 0.1) is 18.2 Å². The second-order valence-electron chi connectivity index (χ2n) is 4.04. The lowest BCUT2D eigenvalue weighted by Gasteiger charge is -2.19. The number of rotatable bonds is 3. The van der Waals surface area contributed by atoms with Crippen LogP contribution in [0.3, 0.4) is 0 Å². The molecular formula is C15H14N2O. The van der Waals surface area contributed by atoms with Gasteiger partial charge in [0.25, 0.3) is 0 Å². The molecule has 0 amide bonds. The molecule has 0 heterocycles. The zero-order chi connectivity index (χ0) is 13.0. The predicted molar refractivity (Wildman–Crippen MR) is 71.6 cm³/mol. The first-order valence-electron chi connectivity index (χ1n) is 5.68. The molecule has 0 radical (unpaired) electrons. The van der Waals surface area contributed by atoms with Gasteiger partial charge in [-0.3, -0.25) is 0 Å². The van der Waals surface area contributed by atoms with Crippen molar-refractivity contribution in [1.29, 1.82) is 5.26 Å². The van der Waals surface area contributed by atoms with E-state index in [9.17, 15) is 0 Å². The van der Waals surface area contributed by atoms with Crippen molar-refractivity contribution in [2.24, 2.45) is 0 Å². The van der Waals surface area contributed by atoms with E-state index in [0.29, 0.717) is 5.56 Å². The van der Waals surface area contributed by atoms with Crippen LogP contribution in [0, 0.1) is 11.3 Å². The van der Waals surface area contributed by atoms with Crippen LogP contribution >= 0.6 is 0 Å². The largest absolute Gasteiger partial charge is 0.392 e. The molecule has 0 atom stereocenters. The number of nitriles is 1. The minimum Gasteiger partial charge on any atom is -0.392 e. The number of hydrogen-bond donors (Lipinski definition) is 1. The van der Waals surface area contributed by atoms with Crippen molar-refractivity contribution in [3.8, 4) is 6.07 Å². The van der Waals surface area contributed by atoms with Crippen LogP contribution in [0.25, 0.3) is 0 Å². The Morgan fingerprint density at radius 1 is 1.00 bits per heavy atom. The molecule has 0 aliphatic carbocycles. The van der Waals surface area contributed by atoms with Gasteiger partial charge in [-0.2, -0.15) is 5.26 Å². The summed E-state index contributed by atoms with van der Waals surface area (Å²) in [5.74, 6) is 0. The zero-order valence-corrected chi connectivity index (χ0v) is 10.2. The van der Waals surface area contributed by atoms with Crippen molar-refractivity contribution < 1.29 is 5.11 Å². The Bertz CT molecular complexity index is 553. The Morgan fingerprint density at radius 3 is 1.94 bits per heavy atom. The SMILES string of the molecule is CN(c1ccc(C#N)cc1)c1ccc(CO)cc1. The summed E-state index contributed by atoms with van der Waals surface area (Å²) in [5, 5.41) is 17.8. The summed E-state index contributed by atoms with van der Waals surface area (Å²) in [6.07, 6.45) is 0. The number of anilines is 2. The Labute approximate surface area is 107 Å². The van der Waals surface area contributed by atoms with E-state index in [1.54, 1.807) is 12.1 Å². The fourth-order valence-electron chi connectivity index (χ4n) is 1.73. The highest BCUT2D eigenvalue weighted by Crippen LogP contribution is 2.23. The quantitative estimate of drug-likeness (QED) is 0.894. The van der Waals surface area contributed by atoms with Gasteiger partial charge in [0, 0.05) is 18.4 Å². The van der Waals surface area contributed by atoms with Crippen LogP contribution in [0.2, 0.25) is 0 Å². The molecule has 0 aliphatic heterocycles. The zero-order valence-electron chi connectivity index (χ0n) is 10.2. The lowest BCUT2D eigenvalue weighted by atomic mass is 10.1. The summed E-state index contributed by atoms with van der Waals surface area (Å²) in [6, 6.07) is 17.3. The molecule has 0 aromatic heterocycles. The van der Waals surface area contributed by atoms with Gasteiger partial charge in [-0.25, -0.2) is 0 Å². The van der Waals surface area contributed by atoms with Crippen LogP contribution in [0.15, 0.2) is 48.5 Å². The molecule has 0 fully saturated rings. The molecule has 0 spiro atoms. The lowest BCUT2D eigenvalue weighted by molar-refractivity contribution is 0.282. The number of nitrogens with zero attached hydrogens (tertiary/aromatic N) is 2. The minimum atomic E-state index is 0.0564. The van der Waals surface area contributed by atoms with Crippen molar-refractivity contribution in [3.63, 3.8) is 0 Å². The Balaban J connectivity index is 2.23. The molecule has 1 N–H and O–H groups in total. The number of aliphatic hydroxyl groups is 1. The van der Waals surface area contributed by atoms with Gasteiger partial charge in [-0.15, -0.1) is 0 Å². The number of benzene rings is 2. The third kappa shape index (κ3) is 2.50. The molecule has 18 heavy (non-hydrogen) atoms. The number of aliphatic hydroxyl groups excluding tert-OH is 1. The monoisotopic (exact) mass is 238 g/mol. The average molecular weight is 238 g/mol. The smallest absolute Gasteiger partial charge is 0.0991 e. The van der Waals surface area contributed by atoms with Crippen molar-refractivity contribution in [3.05, 3.63) is 59.7 Å². The van der Waals surface area contributed by atoms with E-state index in [1.165, 1.54) is 0 Å². The highest BCUT2D eigenvalue weighted by atomic mass is 16.3. The Morgan fingerprint density at radius 2 is 1.50 bits per heavy atom. The van der Waals surface area contributed by atoms with E-state index in [2.05, 4.69) is 6.07 Å². The van der Waals surface area contributed by atoms with Crippen LogP contribution in [-0.2, 0) is 6.61 Å². The third-order valence-electron chi connectivity index (χ3n) is 2.89. The van der Waals surface area contributed by atoms with Gasteiger partial charge < -0.3 is 10.0 Å². The van der Waals surface area contributed by atoms with Gasteiger partial charge in [0.1, 0.15) is 0 Å². The van der Waals surface area contributed by atoms with Crippen LogP contribution in [0.1, 0.15) is 11.1 Å².